The quantitative estimate of drug-likeness (QED) is 0.406. The monoisotopic (exact) mass is 468 g/mol. The van der Waals surface area contributed by atoms with E-state index in [-0.39, 0.29) is 41.3 Å². The molecule has 11 nitrogen and oxygen atoms in total. The predicted molar refractivity (Wildman–Crippen MR) is 113 cm³/mol. The largest absolute Gasteiger partial charge is 0.454 e. The van der Waals surface area contributed by atoms with Crippen LogP contribution in [0, 0.1) is 11.3 Å². The number of thioether (sulfide) groups is 1. The molecule has 12 heteroatoms. The molecule has 2 atom stereocenters. The summed E-state index contributed by atoms with van der Waals surface area (Å²) < 4.78 is 4.89. The van der Waals surface area contributed by atoms with Crippen molar-refractivity contribution in [3.05, 3.63) is 0 Å². The molecule has 32 heavy (non-hydrogen) atoms. The van der Waals surface area contributed by atoms with Crippen LogP contribution in [0.25, 0.3) is 0 Å². The highest BCUT2D eigenvalue weighted by Gasteiger charge is 2.56. The molecule has 2 N–H and O–H groups in total. The van der Waals surface area contributed by atoms with Crippen molar-refractivity contribution in [1.29, 1.82) is 0 Å². The number of esters is 1. The minimum atomic E-state index is -1.02. The summed E-state index contributed by atoms with van der Waals surface area (Å²) >= 11 is 0.900. The number of urea groups is 1. The van der Waals surface area contributed by atoms with E-state index in [2.05, 4.69) is 10.6 Å². The van der Waals surface area contributed by atoms with Crippen molar-refractivity contribution in [2.24, 2.45) is 11.3 Å². The second kappa shape index (κ2) is 9.08. The maximum atomic E-state index is 13.0. The Morgan fingerprint density at radius 2 is 1.91 bits per heavy atom. The van der Waals surface area contributed by atoms with Gasteiger partial charge in [0.15, 0.2) is 6.61 Å². The smallest absolute Gasteiger partial charge is 0.326 e. The van der Waals surface area contributed by atoms with Gasteiger partial charge in [-0.3, -0.25) is 33.8 Å². The Bertz CT molecular complexity index is 845. The second-order valence-electron chi connectivity index (χ2n) is 9.37. The summed E-state index contributed by atoms with van der Waals surface area (Å²) in [7, 11) is 0. The molecular formula is C20H28N4O7S. The fourth-order valence-electron chi connectivity index (χ4n) is 4.93. The number of rotatable bonds is 7. The topological polar surface area (TPSA) is 142 Å². The number of imide groups is 2. The molecule has 1 saturated carbocycles. The summed E-state index contributed by atoms with van der Waals surface area (Å²) in [5.74, 6) is -1.94. The Morgan fingerprint density at radius 3 is 2.53 bits per heavy atom. The molecular weight excluding hydrogens is 440 g/mol. The minimum absolute atomic E-state index is 0.0257. The van der Waals surface area contributed by atoms with E-state index in [1.165, 1.54) is 0 Å². The zero-order valence-electron chi connectivity index (χ0n) is 18.4. The average molecular weight is 469 g/mol. The zero-order valence-corrected chi connectivity index (χ0v) is 19.2. The van der Waals surface area contributed by atoms with Crippen LogP contribution in [0.2, 0.25) is 0 Å². The summed E-state index contributed by atoms with van der Waals surface area (Å²) in [5.41, 5.74) is -1.14. The van der Waals surface area contributed by atoms with E-state index in [0.717, 1.165) is 28.0 Å². The Balaban J connectivity index is 1.45. The summed E-state index contributed by atoms with van der Waals surface area (Å²) in [5, 5.41) is 4.86. The molecule has 0 aromatic carbocycles. The highest BCUT2D eigenvalue weighted by Crippen LogP contribution is 2.46. The van der Waals surface area contributed by atoms with Crippen LogP contribution in [0.1, 0.15) is 40.0 Å². The molecule has 0 aromatic rings. The minimum Gasteiger partial charge on any atom is -0.454 e. The molecule has 6 amide bonds. The van der Waals surface area contributed by atoms with Crippen molar-refractivity contribution in [2.45, 2.75) is 45.6 Å². The molecule has 2 heterocycles. The number of amides is 6. The molecule has 2 aliphatic heterocycles. The first-order valence-corrected chi connectivity index (χ1v) is 11.4. The Morgan fingerprint density at radius 1 is 1.19 bits per heavy atom. The van der Waals surface area contributed by atoms with Gasteiger partial charge < -0.3 is 15.4 Å². The van der Waals surface area contributed by atoms with Crippen LogP contribution in [-0.2, 0) is 23.9 Å². The lowest BCUT2D eigenvalue weighted by Gasteiger charge is -2.43. The van der Waals surface area contributed by atoms with Gasteiger partial charge in [-0.15, -0.1) is 0 Å². The standard InChI is InChI=1S/C20H28N4O7S/c1-12-6-19(2,3)11-20(7-12)16(28)24(17(29)22-20)8-15(27)31-9-13(25)21-4-5-23-14(26)10-32-18(23)30/h12H,4-11H2,1-3H3,(H,21,25)(H,22,29). The van der Waals surface area contributed by atoms with E-state index < -0.39 is 42.5 Å². The van der Waals surface area contributed by atoms with Gasteiger partial charge in [0.25, 0.3) is 17.1 Å². The van der Waals surface area contributed by atoms with Crippen molar-refractivity contribution in [3.63, 3.8) is 0 Å². The molecule has 0 aromatic heterocycles. The first-order valence-electron chi connectivity index (χ1n) is 10.5. The summed E-state index contributed by atoms with van der Waals surface area (Å²) in [6.45, 7) is 5.01. The normalized spacial score (nSPS) is 27.2. The van der Waals surface area contributed by atoms with Crippen LogP contribution >= 0.6 is 11.8 Å². The molecule has 2 unspecified atom stereocenters. The first-order chi connectivity index (χ1) is 14.9. The maximum absolute atomic E-state index is 13.0. The lowest BCUT2D eigenvalue weighted by molar-refractivity contribution is -0.151. The molecule has 3 rings (SSSR count). The van der Waals surface area contributed by atoms with Crippen LogP contribution < -0.4 is 10.6 Å². The molecule has 2 saturated heterocycles. The van der Waals surface area contributed by atoms with Crippen LogP contribution in [0.3, 0.4) is 0 Å². The summed E-state index contributed by atoms with van der Waals surface area (Å²) in [6, 6.07) is -0.640. The third-order valence-electron chi connectivity index (χ3n) is 5.77. The number of carbonyl (C=O) groups excluding carboxylic acids is 6. The number of carbonyl (C=O) groups is 6. The molecule has 3 fully saturated rings. The summed E-state index contributed by atoms with van der Waals surface area (Å²) in [6.07, 6.45) is 1.94. The van der Waals surface area contributed by atoms with Crippen molar-refractivity contribution < 1.29 is 33.5 Å². The second-order valence-corrected chi connectivity index (χ2v) is 10.3. The van der Waals surface area contributed by atoms with Crippen LogP contribution in [-0.4, -0.2) is 82.3 Å². The highest BCUT2D eigenvalue weighted by atomic mass is 32.2. The third kappa shape index (κ3) is 5.22. The van der Waals surface area contributed by atoms with Gasteiger partial charge >= 0.3 is 12.0 Å². The van der Waals surface area contributed by atoms with Gasteiger partial charge in [-0.1, -0.05) is 32.5 Å². The summed E-state index contributed by atoms with van der Waals surface area (Å²) in [4.78, 5) is 74.3. The van der Waals surface area contributed by atoms with Gasteiger partial charge in [0.2, 0.25) is 5.91 Å². The van der Waals surface area contributed by atoms with Gasteiger partial charge in [0.05, 0.1) is 5.75 Å². The van der Waals surface area contributed by atoms with Gasteiger partial charge in [0, 0.05) is 13.1 Å². The SMILES string of the molecule is CC1CC(C)(C)CC2(C1)NC(=O)N(CC(=O)OCC(=O)NCCN1C(=O)CSC1=O)C2=O. The molecule has 0 bridgehead atoms. The Labute approximate surface area is 189 Å². The van der Waals surface area contributed by atoms with E-state index in [1.807, 2.05) is 20.8 Å². The van der Waals surface area contributed by atoms with E-state index in [4.69, 9.17) is 4.74 Å². The molecule has 176 valence electrons. The molecule has 3 aliphatic rings. The number of ether oxygens (including phenoxy) is 1. The fourth-order valence-corrected chi connectivity index (χ4v) is 5.68. The fraction of sp³-hybridized carbons (Fsp3) is 0.700. The van der Waals surface area contributed by atoms with E-state index in [0.29, 0.717) is 12.8 Å². The van der Waals surface area contributed by atoms with E-state index >= 15 is 0 Å². The van der Waals surface area contributed by atoms with Crippen molar-refractivity contribution in [1.82, 2.24) is 20.4 Å². The number of nitrogens with one attached hydrogen (secondary N) is 2. The zero-order chi connectivity index (χ0) is 23.7. The highest BCUT2D eigenvalue weighted by molar-refractivity contribution is 8.14. The van der Waals surface area contributed by atoms with Gasteiger partial charge in [-0.2, -0.15) is 0 Å². The third-order valence-corrected chi connectivity index (χ3v) is 6.63. The van der Waals surface area contributed by atoms with Crippen molar-refractivity contribution in [3.8, 4) is 0 Å². The molecule has 1 aliphatic carbocycles. The number of hydrogen-bond donors (Lipinski definition) is 2. The predicted octanol–water partition coefficient (Wildman–Crippen LogP) is 0.478. The van der Waals surface area contributed by atoms with Crippen molar-refractivity contribution in [2.75, 3.05) is 32.0 Å². The van der Waals surface area contributed by atoms with Crippen LogP contribution in [0.5, 0.6) is 0 Å². The average Bonchev–Trinajstić information content (AvgIpc) is 3.10. The number of nitrogens with zero attached hydrogens (tertiary/aromatic N) is 2. The first kappa shape index (κ1) is 24.0. The van der Waals surface area contributed by atoms with E-state index in [1.54, 1.807) is 0 Å². The van der Waals surface area contributed by atoms with Crippen LogP contribution in [0.4, 0.5) is 9.59 Å². The Kier molecular flexibility index (Phi) is 6.82. The van der Waals surface area contributed by atoms with Gasteiger partial charge in [0.1, 0.15) is 12.1 Å². The number of hydrogen-bond acceptors (Lipinski definition) is 8. The van der Waals surface area contributed by atoms with Gasteiger partial charge in [-0.25, -0.2) is 4.79 Å². The molecule has 0 radical (unpaired) electrons. The van der Waals surface area contributed by atoms with E-state index in [9.17, 15) is 28.8 Å². The lowest BCUT2D eigenvalue weighted by Crippen LogP contribution is -2.54. The van der Waals surface area contributed by atoms with Gasteiger partial charge in [-0.05, 0) is 30.6 Å². The van der Waals surface area contributed by atoms with Crippen molar-refractivity contribution >= 4 is 46.7 Å². The lowest BCUT2D eigenvalue weighted by atomic mass is 9.64. The molecule has 1 spiro atoms. The Hall–Kier alpha value is -2.63. The maximum Gasteiger partial charge on any atom is 0.326 e. The van der Waals surface area contributed by atoms with Crippen LogP contribution in [0.15, 0.2) is 0 Å².